The van der Waals surface area contributed by atoms with Crippen LogP contribution in [0.1, 0.15) is 24.1 Å². The Hall–Kier alpha value is -1.82. The van der Waals surface area contributed by atoms with E-state index in [9.17, 15) is 0 Å². The van der Waals surface area contributed by atoms with Gasteiger partial charge >= 0.3 is 0 Å². The Morgan fingerprint density at radius 1 is 1.17 bits per heavy atom. The number of ether oxygens (including phenoxy) is 2. The number of hydrogen-bond donors (Lipinski definition) is 0. The Morgan fingerprint density at radius 2 is 2.17 bits per heavy atom. The maximum Gasteiger partial charge on any atom is 0.0995 e. The number of hydrogen-bond acceptors (Lipinski definition) is 5. The highest BCUT2D eigenvalue weighted by Crippen LogP contribution is 2.33. The molecule has 5 heteroatoms. The molecule has 0 amide bonds. The van der Waals surface area contributed by atoms with Crippen molar-refractivity contribution in [1.29, 1.82) is 0 Å². The van der Waals surface area contributed by atoms with E-state index in [1.54, 1.807) is 6.20 Å². The van der Waals surface area contributed by atoms with Gasteiger partial charge in [0, 0.05) is 37.7 Å². The van der Waals surface area contributed by atoms with Gasteiger partial charge in [0.25, 0.3) is 0 Å². The van der Waals surface area contributed by atoms with E-state index in [4.69, 9.17) is 9.47 Å². The lowest BCUT2D eigenvalue weighted by Gasteiger charge is -2.30. The van der Waals surface area contributed by atoms with Crippen LogP contribution in [0.4, 0.5) is 0 Å². The Morgan fingerprint density at radius 3 is 3.00 bits per heavy atom. The van der Waals surface area contributed by atoms with Crippen molar-refractivity contribution in [3.05, 3.63) is 60.2 Å². The quantitative estimate of drug-likeness (QED) is 0.845. The highest BCUT2D eigenvalue weighted by atomic mass is 16.5. The van der Waals surface area contributed by atoms with Crippen molar-refractivity contribution in [3.63, 3.8) is 0 Å². The molecule has 1 aliphatic heterocycles. The van der Waals surface area contributed by atoms with Crippen LogP contribution in [0, 0.1) is 0 Å². The van der Waals surface area contributed by atoms with Crippen molar-refractivity contribution in [1.82, 2.24) is 14.9 Å². The first-order valence-corrected chi connectivity index (χ1v) is 8.66. The van der Waals surface area contributed by atoms with Crippen LogP contribution in [0.5, 0.6) is 0 Å². The standard InChI is InChI=1S/C19H23N3O2/c1-2-9-21-16(5-1)13-22-10-11-23-18-7-6-17(22)19(18)24-14-15-4-3-8-20-12-15/h1-5,8-9,12,17-19H,6-7,10-11,13-14H2. The number of nitrogens with zero attached hydrogens (tertiary/aromatic N) is 3. The van der Waals surface area contributed by atoms with Gasteiger partial charge in [-0.3, -0.25) is 14.9 Å². The lowest BCUT2D eigenvalue weighted by Crippen LogP contribution is -2.42. The van der Waals surface area contributed by atoms with Gasteiger partial charge in [-0.25, -0.2) is 0 Å². The maximum atomic E-state index is 6.28. The summed E-state index contributed by atoms with van der Waals surface area (Å²) >= 11 is 0. The third-order valence-corrected chi connectivity index (χ3v) is 4.93. The molecule has 0 spiro atoms. The minimum atomic E-state index is 0.122. The number of rotatable bonds is 5. The second-order valence-corrected chi connectivity index (χ2v) is 6.48. The summed E-state index contributed by atoms with van der Waals surface area (Å²) in [7, 11) is 0. The summed E-state index contributed by atoms with van der Waals surface area (Å²) in [5.74, 6) is 0. The molecule has 0 aromatic carbocycles. The summed E-state index contributed by atoms with van der Waals surface area (Å²) in [6.07, 6.45) is 8.03. The summed E-state index contributed by atoms with van der Waals surface area (Å²) in [6, 6.07) is 10.5. The van der Waals surface area contributed by atoms with Gasteiger partial charge in [0.15, 0.2) is 0 Å². The van der Waals surface area contributed by atoms with E-state index in [-0.39, 0.29) is 12.2 Å². The molecule has 1 saturated heterocycles. The van der Waals surface area contributed by atoms with Crippen molar-refractivity contribution < 1.29 is 9.47 Å². The molecule has 2 aromatic rings. The van der Waals surface area contributed by atoms with Crippen molar-refractivity contribution >= 4 is 0 Å². The molecule has 3 atom stereocenters. The first-order chi connectivity index (χ1) is 11.9. The molecule has 3 unspecified atom stereocenters. The first-order valence-electron chi connectivity index (χ1n) is 8.66. The average molecular weight is 325 g/mol. The summed E-state index contributed by atoms with van der Waals surface area (Å²) in [5, 5.41) is 0. The third-order valence-electron chi connectivity index (χ3n) is 4.93. The zero-order valence-corrected chi connectivity index (χ0v) is 13.8. The first kappa shape index (κ1) is 15.7. The summed E-state index contributed by atoms with van der Waals surface area (Å²) in [4.78, 5) is 11.1. The van der Waals surface area contributed by atoms with Gasteiger partial charge < -0.3 is 9.47 Å². The summed E-state index contributed by atoms with van der Waals surface area (Å²) in [5.41, 5.74) is 2.21. The fourth-order valence-corrected chi connectivity index (χ4v) is 3.76. The molecule has 1 aliphatic carbocycles. The van der Waals surface area contributed by atoms with Crippen LogP contribution < -0.4 is 0 Å². The normalized spacial score (nSPS) is 27.1. The monoisotopic (exact) mass is 325 g/mol. The predicted octanol–water partition coefficient (Wildman–Crippen LogP) is 2.43. The van der Waals surface area contributed by atoms with E-state index in [0.29, 0.717) is 12.6 Å². The van der Waals surface area contributed by atoms with Gasteiger partial charge in [-0.05, 0) is 36.6 Å². The number of pyridine rings is 2. The van der Waals surface area contributed by atoms with Crippen LogP contribution in [0.2, 0.25) is 0 Å². The maximum absolute atomic E-state index is 6.28. The molecule has 126 valence electrons. The average Bonchev–Trinajstić information content (AvgIpc) is 2.94. The number of aromatic nitrogens is 2. The molecule has 5 nitrogen and oxygen atoms in total. The van der Waals surface area contributed by atoms with Crippen LogP contribution in [-0.4, -0.2) is 46.3 Å². The highest BCUT2D eigenvalue weighted by molar-refractivity contribution is 5.08. The minimum Gasteiger partial charge on any atom is -0.374 e. The molecule has 1 saturated carbocycles. The van der Waals surface area contributed by atoms with Gasteiger partial charge in [0.2, 0.25) is 0 Å². The van der Waals surface area contributed by atoms with E-state index >= 15 is 0 Å². The van der Waals surface area contributed by atoms with Crippen LogP contribution in [-0.2, 0) is 22.6 Å². The van der Waals surface area contributed by atoms with Gasteiger partial charge in [-0.15, -0.1) is 0 Å². The largest absolute Gasteiger partial charge is 0.374 e. The van der Waals surface area contributed by atoms with E-state index in [0.717, 1.165) is 43.8 Å². The topological polar surface area (TPSA) is 47.5 Å². The Balaban J connectivity index is 1.45. The van der Waals surface area contributed by atoms with Crippen LogP contribution in [0.15, 0.2) is 48.9 Å². The summed E-state index contributed by atoms with van der Waals surface area (Å²) < 4.78 is 12.3. The molecule has 24 heavy (non-hydrogen) atoms. The Bertz CT molecular complexity index is 638. The van der Waals surface area contributed by atoms with Crippen molar-refractivity contribution in [2.24, 2.45) is 0 Å². The van der Waals surface area contributed by atoms with E-state index in [1.807, 2.05) is 30.6 Å². The molecule has 2 fully saturated rings. The second-order valence-electron chi connectivity index (χ2n) is 6.48. The zero-order chi connectivity index (χ0) is 16.2. The van der Waals surface area contributed by atoms with E-state index in [1.165, 1.54) is 0 Å². The minimum absolute atomic E-state index is 0.122. The van der Waals surface area contributed by atoms with Gasteiger partial charge in [0.1, 0.15) is 0 Å². The molecular weight excluding hydrogens is 302 g/mol. The van der Waals surface area contributed by atoms with Crippen LogP contribution >= 0.6 is 0 Å². The lowest BCUT2D eigenvalue weighted by atomic mass is 10.1. The number of fused-ring (bicyclic) bond motifs is 2. The second kappa shape index (κ2) is 7.38. The Labute approximate surface area is 142 Å². The molecule has 4 rings (SSSR count). The van der Waals surface area contributed by atoms with Crippen molar-refractivity contribution in [2.45, 2.75) is 44.2 Å². The SMILES string of the molecule is c1ccc(CN2CCOC3CCC2C3OCc2cccnc2)nc1. The molecule has 0 N–H and O–H groups in total. The Kier molecular flexibility index (Phi) is 4.83. The molecule has 3 heterocycles. The fourth-order valence-electron chi connectivity index (χ4n) is 3.76. The smallest absolute Gasteiger partial charge is 0.0995 e. The van der Waals surface area contributed by atoms with Gasteiger partial charge in [0.05, 0.1) is 31.1 Å². The molecule has 2 aromatic heterocycles. The predicted molar refractivity (Wildman–Crippen MR) is 90.2 cm³/mol. The molecular formula is C19H23N3O2. The van der Waals surface area contributed by atoms with E-state index < -0.39 is 0 Å². The van der Waals surface area contributed by atoms with Crippen LogP contribution in [0.25, 0.3) is 0 Å². The fraction of sp³-hybridized carbons (Fsp3) is 0.474. The van der Waals surface area contributed by atoms with E-state index in [2.05, 4.69) is 27.0 Å². The van der Waals surface area contributed by atoms with Gasteiger partial charge in [-0.1, -0.05) is 12.1 Å². The highest BCUT2D eigenvalue weighted by Gasteiger charge is 2.43. The lowest BCUT2D eigenvalue weighted by molar-refractivity contribution is -0.0615. The van der Waals surface area contributed by atoms with Gasteiger partial charge in [-0.2, -0.15) is 0 Å². The van der Waals surface area contributed by atoms with Crippen molar-refractivity contribution in [3.8, 4) is 0 Å². The molecule has 2 aliphatic rings. The molecule has 2 bridgehead atoms. The molecule has 0 radical (unpaired) electrons. The van der Waals surface area contributed by atoms with Crippen molar-refractivity contribution in [2.75, 3.05) is 13.2 Å². The third kappa shape index (κ3) is 3.48. The summed E-state index contributed by atoms with van der Waals surface area (Å²) in [6.45, 7) is 3.14. The van der Waals surface area contributed by atoms with Crippen LogP contribution in [0.3, 0.4) is 0 Å². The zero-order valence-electron chi connectivity index (χ0n) is 13.8.